The summed E-state index contributed by atoms with van der Waals surface area (Å²) in [7, 11) is 0. The van der Waals surface area contributed by atoms with E-state index in [0.29, 0.717) is 17.3 Å². The number of hydrogen-bond donors (Lipinski definition) is 1. The van der Waals surface area contributed by atoms with Crippen LogP contribution in [0.1, 0.15) is 11.1 Å². The lowest BCUT2D eigenvalue weighted by Gasteiger charge is -2.13. The first kappa shape index (κ1) is 19.9. The van der Waals surface area contributed by atoms with Gasteiger partial charge in [0.2, 0.25) is 0 Å². The van der Waals surface area contributed by atoms with Gasteiger partial charge in [0.05, 0.1) is 0 Å². The predicted molar refractivity (Wildman–Crippen MR) is 121 cm³/mol. The molecule has 1 heterocycles. The van der Waals surface area contributed by atoms with Gasteiger partial charge in [-0.25, -0.2) is 0 Å². The van der Waals surface area contributed by atoms with E-state index in [0.717, 1.165) is 27.5 Å². The molecule has 0 saturated heterocycles. The molecule has 0 aliphatic heterocycles. The number of amides is 1. The highest BCUT2D eigenvalue weighted by Crippen LogP contribution is 2.30. The average Bonchev–Trinajstić information content (AvgIpc) is 2.78. The molecule has 4 aromatic rings. The molecule has 0 aliphatic carbocycles. The standard InChI is InChI=1S/C25H21ClN2O2/c1-17-2-4-18(5-3-17)22-11-6-19(24-15-27-13-12-23(22)24)14-28-25(29)16-30-21-9-7-20(26)8-10-21/h2-13,15H,14,16H2,1H3,(H,28,29). The third-order valence-electron chi connectivity index (χ3n) is 4.93. The molecule has 0 bridgehead atoms. The van der Waals surface area contributed by atoms with Gasteiger partial charge in [-0.05, 0) is 59.3 Å². The van der Waals surface area contributed by atoms with Gasteiger partial charge in [0.15, 0.2) is 6.61 Å². The summed E-state index contributed by atoms with van der Waals surface area (Å²) < 4.78 is 5.50. The lowest BCUT2D eigenvalue weighted by Crippen LogP contribution is -2.28. The molecule has 1 amide bonds. The molecule has 1 aromatic heterocycles. The first-order valence-electron chi connectivity index (χ1n) is 9.68. The lowest BCUT2D eigenvalue weighted by atomic mass is 9.96. The molecular weight excluding hydrogens is 396 g/mol. The average molecular weight is 417 g/mol. The Kier molecular flexibility index (Phi) is 5.96. The zero-order valence-corrected chi connectivity index (χ0v) is 17.3. The van der Waals surface area contributed by atoms with E-state index in [1.54, 1.807) is 30.5 Å². The van der Waals surface area contributed by atoms with Crippen LogP contribution < -0.4 is 10.1 Å². The van der Waals surface area contributed by atoms with Gasteiger partial charge >= 0.3 is 0 Å². The van der Waals surface area contributed by atoms with Crippen LogP contribution in [0.5, 0.6) is 5.75 Å². The van der Waals surface area contributed by atoms with Gasteiger partial charge < -0.3 is 10.1 Å². The van der Waals surface area contributed by atoms with Crippen LogP contribution in [0.3, 0.4) is 0 Å². The van der Waals surface area contributed by atoms with Crippen LogP contribution in [0.4, 0.5) is 0 Å². The summed E-state index contributed by atoms with van der Waals surface area (Å²) in [5.41, 5.74) is 4.54. The summed E-state index contributed by atoms with van der Waals surface area (Å²) >= 11 is 5.86. The van der Waals surface area contributed by atoms with E-state index >= 15 is 0 Å². The number of carbonyl (C=O) groups excluding carboxylic acids is 1. The maximum Gasteiger partial charge on any atom is 0.258 e. The van der Waals surface area contributed by atoms with Gasteiger partial charge in [-0.15, -0.1) is 0 Å². The van der Waals surface area contributed by atoms with Gasteiger partial charge in [-0.2, -0.15) is 0 Å². The summed E-state index contributed by atoms with van der Waals surface area (Å²) in [5.74, 6) is 0.413. The Morgan fingerprint density at radius 1 is 0.967 bits per heavy atom. The van der Waals surface area contributed by atoms with Gasteiger partial charge in [0, 0.05) is 29.3 Å². The molecule has 0 spiro atoms. The van der Waals surface area contributed by atoms with E-state index in [2.05, 4.69) is 47.6 Å². The number of aryl methyl sites for hydroxylation is 1. The summed E-state index contributed by atoms with van der Waals surface area (Å²) in [6, 6.07) is 21.5. The van der Waals surface area contributed by atoms with Crippen LogP contribution >= 0.6 is 11.6 Å². The number of nitrogens with one attached hydrogen (secondary N) is 1. The SMILES string of the molecule is Cc1ccc(-c2ccc(CNC(=O)COc3ccc(Cl)cc3)c3cnccc23)cc1. The molecule has 5 heteroatoms. The fourth-order valence-electron chi connectivity index (χ4n) is 3.31. The maximum absolute atomic E-state index is 12.2. The van der Waals surface area contributed by atoms with Gasteiger partial charge in [-0.3, -0.25) is 9.78 Å². The highest BCUT2D eigenvalue weighted by molar-refractivity contribution is 6.30. The number of rotatable bonds is 6. The molecule has 4 nitrogen and oxygen atoms in total. The monoisotopic (exact) mass is 416 g/mol. The summed E-state index contributed by atoms with van der Waals surface area (Å²) in [4.78, 5) is 16.5. The van der Waals surface area contributed by atoms with E-state index < -0.39 is 0 Å². The molecule has 0 fully saturated rings. The van der Waals surface area contributed by atoms with E-state index in [9.17, 15) is 4.79 Å². The predicted octanol–water partition coefficient (Wildman–Crippen LogP) is 5.56. The lowest BCUT2D eigenvalue weighted by molar-refractivity contribution is -0.123. The smallest absolute Gasteiger partial charge is 0.258 e. The zero-order chi connectivity index (χ0) is 20.9. The molecule has 4 rings (SSSR count). The van der Waals surface area contributed by atoms with Crippen LogP contribution in [0.25, 0.3) is 21.9 Å². The minimum Gasteiger partial charge on any atom is -0.484 e. The normalized spacial score (nSPS) is 10.7. The first-order chi connectivity index (χ1) is 14.6. The number of ether oxygens (including phenoxy) is 1. The van der Waals surface area contributed by atoms with Crippen molar-refractivity contribution in [1.82, 2.24) is 10.3 Å². The van der Waals surface area contributed by atoms with E-state index in [1.807, 2.05) is 18.3 Å². The Morgan fingerprint density at radius 2 is 1.73 bits per heavy atom. The molecule has 0 atom stereocenters. The number of hydrogen-bond acceptors (Lipinski definition) is 3. The van der Waals surface area contributed by atoms with Crippen molar-refractivity contribution in [2.45, 2.75) is 13.5 Å². The second-order valence-electron chi connectivity index (χ2n) is 7.08. The fourth-order valence-corrected chi connectivity index (χ4v) is 3.44. The Labute approximate surface area is 180 Å². The highest BCUT2D eigenvalue weighted by Gasteiger charge is 2.10. The third kappa shape index (κ3) is 4.61. The van der Waals surface area contributed by atoms with Gasteiger partial charge in [0.1, 0.15) is 5.75 Å². The van der Waals surface area contributed by atoms with E-state index in [4.69, 9.17) is 16.3 Å². The van der Waals surface area contributed by atoms with Crippen molar-refractivity contribution in [2.24, 2.45) is 0 Å². The maximum atomic E-state index is 12.2. The molecule has 1 N–H and O–H groups in total. The summed E-state index contributed by atoms with van der Waals surface area (Å²) in [5, 5.41) is 5.68. The number of fused-ring (bicyclic) bond motifs is 1. The minimum atomic E-state index is -0.190. The number of benzene rings is 3. The molecule has 30 heavy (non-hydrogen) atoms. The third-order valence-corrected chi connectivity index (χ3v) is 5.18. The van der Waals surface area contributed by atoms with Crippen molar-refractivity contribution in [3.8, 4) is 16.9 Å². The van der Waals surface area contributed by atoms with E-state index in [-0.39, 0.29) is 12.5 Å². The number of aromatic nitrogens is 1. The van der Waals surface area contributed by atoms with Crippen molar-refractivity contribution >= 4 is 28.3 Å². The second-order valence-corrected chi connectivity index (χ2v) is 7.52. The largest absolute Gasteiger partial charge is 0.484 e. The number of nitrogens with zero attached hydrogens (tertiary/aromatic N) is 1. The second kappa shape index (κ2) is 8.97. The topological polar surface area (TPSA) is 51.2 Å². The Hall–Kier alpha value is -3.37. The van der Waals surface area contributed by atoms with Gasteiger partial charge in [-0.1, -0.05) is 53.6 Å². The van der Waals surface area contributed by atoms with E-state index in [1.165, 1.54) is 5.56 Å². The van der Waals surface area contributed by atoms with Crippen LogP contribution in [-0.4, -0.2) is 17.5 Å². The van der Waals surface area contributed by atoms with Crippen LogP contribution in [-0.2, 0) is 11.3 Å². The van der Waals surface area contributed by atoms with Crippen molar-refractivity contribution in [2.75, 3.05) is 6.61 Å². The van der Waals surface area contributed by atoms with Crippen LogP contribution in [0.15, 0.2) is 79.1 Å². The van der Waals surface area contributed by atoms with Gasteiger partial charge in [0.25, 0.3) is 5.91 Å². The summed E-state index contributed by atoms with van der Waals surface area (Å²) in [6.45, 7) is 2.42. The van der Waals surface area contributed by atoms with Crippen LogP contribution in [0.2, 0.25) is 5.02 Å². The quantitative estimate of drug-likeness (QED) is 0.447. The van der Waals surface area contributed by atoms with Crippen molar-refractivity contribution in [1.29, 1.82) is 0 Å². The molecule has 0 saturated carbocycles. The van der Waals surface area contributed by atoms with Crippen molar-refractivity contribution < 1.29 is 9.53 Å². The number of pyridine rings is 1. The minimum absolute atomic E-state index is 0.0563. The molecule has 0 unspecified atom stereocenters. The molecule has 150 valence electrons. The zero-order valence-electron chi connectivity index (χ0n) is 16.6. The Bertz CT molecular complexity index is 1170. The number of carbonyl (C=O) groups is 1. The molecule has 0 aliphatic rings. The molecule has 3 aromatic carbocycles. The fraction of sp³-hybridized carbons (Fsp3) is 0.120. The van der Waals surface area contributed by atoms with Crippen LogP contribution in [0, 0.1) is 6.92 Å². The van der Waals surface area contributed by atoms with Crippen molar-refractivity contribution in [3.05, 3.63) is 95.3 Å². The van der Waals surface area contributed by atoms with Crippen molar-refractivity contribution in [3.63, 3.8) is 0 Å². The first-order valence-corrected chi connectivity index (χ1v) is 10.1. The molecular formula is C25H21ClN2O2. The Balaban J connectivity index is 1.48. The highest BCUT2D eigenvalue weighted by atomic mass is 35.5. The number of halogens is 1. The molecule has 0 radical (unpaired) electrons. The Morgan fingerprint density at radius 3 is 2.50 bits per heavy atom. The summed E-state index contributed by atoms with van der Waals surface area (Å²) in [6.07, 6.45) is 3.64.